The summed E-state index contributed by atoms with van der Waals surface area (Å²) >= 11 is 0. The molecule has 0 aliphatic rings. The Morgan fingerprint density at radius 2 is 1.94 bits per heavy atom. The van der Waals surface area contributed by atoms with E-state index in [2.05, 4.69) is 15.0 Å². The maximum Gasteiger partial charge on any atom is 0.276 e. The van der Waals surface area contributed by atoms with Gasteiger partial charge in [0, 0.05) is 26.1 Å². The van der Waals surface area contributed by atoms with Crippen LogP contribution in [0.1, 0.15) is 0 Å². The molecule has 0 saturated heterocycles. The van der Waals surface area contributed by atoms with Gasteiger partial charge in [0.05, 0.1) is 34.5 Å². The predicted octanol–water partition coefficient (Wildman–Crippen LogP) is 2.06. The third-order valence-corrected chi connectivity index (χ3v) is 6.90. The fourth-order valence-corrected chi connectivity index (χ4v) is 4.53. The van der Waals surface area contributed by atoms with E-state index in [1.807, 2.05) is 0 Å². The molecule has 0 amide bonds. The van der Waals surface area contributed by atoms with Crippen molar-refractivity contribution in [3.05, 3.63) is 52.6 Å². The number of anilines is 1. The van der Waals surface area contributed by atoms with Crippen LogP contribution in [-0.4, -0.2) is 55.0 Å². The predicted molar refractivity (Wildman–Crippen MR) is 116 cm³/mol. The minimum Gasteiger partial charge on any atom is -0.396 e. The molecular formula is C20H20FN5O4S. The summed E-state index contributed by atoms with van der Waals surface area (Å²) in [5.74, 6) is -0.940. The van der Waals surface area contributed by atoms with Gasteiger partial charge in [-0.2, -0.15) is 4.31 Å². The molecule has 0 atom stereocenters. The highest BCUT2D eigenvalue weighted by Crippen LogP contribution is 2.34. The molecule has 2 aromatic carbocycles. The van der Waals surface area contributed by atoms with Crippen molar-refractivity contribution in [3.63, 3.8) is 0 Å². The number of para-hydroxylation sites is 2. The van der Waals surface area contributed by atoms with E-state index in [1.165, 1.54) is 14.2 Å². The number of benzene rings is 2. The van der Waals surface area contributed by atoms with Gasteiger partial charge in [-0.3, -0.25) is 4.79 Å². The number of fused-ring (bicyclic) bond motifs is 2. The number of sulfonamides is 1. The summed E-state index contributed by atoms with van der Waals surface area (Å²) in [7, 11) is -1.34. The number of rotatable bonds is 6. The molecule has 0 aliphatic heterocycles. The third-order valence-electron chi connectivity index (χ3n) is 5.03. The second-order valence-corrected chi connectivity index (χ2v) is 9.01. The monoisotopic (exact) mass is 445 g/mol. The first-order chi connectivity index (χ1) is 14.7. The number of nitrogens with zero attached hydrogens (tertiary/aromatic N) is 2. The van der Waals surface area contributed by atoms with Gasteiger partial charge in [0.1, 0.15) is 10.7 Å². The van der Waals surface area contributed by atoms with Gasteiger partial charge in [0.25, 0.3) is 5.56 Å². The maximum absolute atomic E-state index is 14.7. The van der Waals surface area contributed by atoms with Crippen molar-refractivity contribution in [1.29, 1.82) is 0 Å². The van der Waals surface area contributed by atoms with Crippen molar-refractivity contribution < 1.29 is 17.5 Å². The molecule has 11 heteroatoms. The van der Waals surface area contributed by atoms with Crippen LogP contribution in [0.4, 0.5) is 10.1 Å². The molecule has 2 aromatic heterocycles. The van der Waals surface area contributed by atoms with Crippen molar-refractivity contribution in [2.45, 2.75) is 4.90 Å². The summed E-state index contributed by atoms with van der Waals surface area (Å²) in [4.78, 5) is 22.0. The molecule has 0 bridgehead atoms. The van der Waals surface area contributed by atoms with Crippen molar-refractivity contribution >= 4 is 37.6 Å². The average molecular weight is 445 g/mol. The zero-order valence-corrected chi connectivity index (χ0v) is 17.6. The highest BCUT2D eigenvalue weighted by Gasteiger charge is 2.27. The molecule has 0 radical (unpaired) electrons. The van der Waals surface area contributed by atoms with E-state index in [-0.39, 0.29) is 41.1 Å². The van der Waals surface area contributed by atoms with E-state index in [1.54, 1.807) is 24.3 Å². The molecule has 2 heterocycles. The molecule has 9 nitrogen and oxygen atoms in total. The number of likely N-dealkylation sites (N-methyl/N-ethyl adjacent to an activating group) is 1. The Bertz CT molecular complexity index is 1460. The maximum atomic E-state index is 14.7. The molecule has 4 aromatic rings. The SMILES string of the molecule is COCCN(C)S(=O)(=O)c1cc2c(N)c(-c3nc4ccccc4[nH]c3=O)[nH]c2cc1F. The van der Waals surface area contributed by atoms with Crippen LogP contribution in [0.2, 0.25) is 0 Å². The van der Waals surface area contributed by atoms with E-state index in [0.717, 1.165) is 16.4 Å². The normalized spacial score (nSPS) is 12.3. The highest BCUT2D eigenvalue weighted by atomic mass is 32.2. The minimum absolute atomic E-state index is 0.0226. The zero-order valence-electron chi connectivity index (χ0n) is 16.8. The van der Waals surface area contributed by atoms with E-state index in [9.17, 15) is 17.6 Å². The number of methoxy groups -OCH3 is 1. The van der Waals surface area contributed by atoms with Gasteiger partial charge in [0.2, 0.25) is 10.0 Å². The number of hydrogen-bond acceptors (Lipinski definition) is 6. The smallest absolute Gasteiger partial charge is 0.276 e. The highest BCUT2D eigenvalue weighted by molar-refractivity contribution is 7.89. The summed E-state index contributed by atoms with van der Waals surface area (Å²) in [6.45, 7) is 0.215. The Hall–Kier alpha value is -3.28. The molecule has 31 heavy (non-hydrogen) atoms. The number of hydrogen-bond donors (Lipinski definition) is 3. The lowest BCUT2D eigenvalue weighted by Gasteiger charge is -2.17. The first-order valence-corrected chi connectivity index (χ1v) is 10.7. The molecule has 4 rings (SSSR count). The van der Waals surface area contributed by atoms with Crippen LogP contribution >= 0.6 is 0 Å². The molecule has 0 fully saturated rings. The second-order valence-electron chi connectivity index (χ2n) is 6.99. The van der Waals surface area contributed by atoms with Crippen LogP contribution in [0, 0.1) is 5.82 Å². The molecular weight excluding hydrogens is 425 g/mol. The number of H-pyrrole nitrogens is 2. The summed E-state index contributed by atoms with van der Waals surface area (Å²) < 4.78 is 46.2. The molecule has 0 unspecified atom stereocenters. The summed E-state index contributed by atoms with van der Waals surface area (Å²) in [6, 6.07) is 9.20. The lowest BCUT2D eigenvalue weighted by atomic mass is 10.2. The van der Waals surface area contributed by atoms with E-state index in [0.29, 0.717) is 11.0 Å². The van der Waals surface area contributed by atoms with Gasteiger partial charge in [-0.05, 0) is 24.3 Å². The number of aromatic nitrogens is 3. The number of halogens is 1. The average Bonchev–Trinajstić information content (AvgIpc) is 3.05. The summed E-state index contributed by atoms with van der Waals surface area (Å²) in [5.41, 5.74) is 7.40. The largest absolute Gasteiger partial charge is 0.396 e. The second kappa shape index (κ2) is 7.76. The van der Waals surface area contributed by atoms with Crippen molar-refractivity contribution in [3.8, 4) is 11.4 Å². The first kappa shape index (κ1) is 21.0. The van der Waals surface area contributed by atoms with Crippen LogP contribution in [-0.2, 0) is 14.8 Å². The van der Waals surface area contributed by atoms with Crippen LogP contribution in [0.5, 0.6) is 0 Å². The Labute approximate surface area is 176 Å². The fraction of sp³-hybridized carbons (Fsp3) is 0.200. The molecule has 0 saturated carbocycles. The number of nitrogen functional groups attached to an aromatic ring is 1. The van der Waals surface area contributed by atoms with E-state index >= 15 is 0 Å². The van der Waals surface area contributed by atoms with Gasteiger partial charge in [-0.25, -0.2) is 17.8 Å². The Kier molecular flexibility index (Phi) is 5.25. The Morgan fingerprint density at radius 1 is 1.19 bits per heavy atom. The van der Waals surface area contributed by atoms with E-state index < -0.39 is 26.3 Å². The van der Waals surface area contributed by atoms with Crippen molar-refractivity contribution in [2.75, 3.05) is 33.0 Å². The number of nitrogens with two attached hydrogens (primary N) is 1. The lowest BCUT2D eigenvalue weighted by molar-refractivity contribution is 0.185. The van der Waals surface area contributed by atoms with Crippen molar-refractivity contribution in [2.24, 2.45) is 0 Å². The number of ether oxygens (including phenoxy) is 1. The van der Waals surface area contributed by atoms with Crippen molar-refractivity contribution in [1.82, 2.24) is 19.3 Å². The number of aromatic amines is 2. The fourth-order valence-electron chi connectivity index (χ4n) is 3.31. The third kappa shape index (κ3) is 3.56. The Balaban J connectivity index is 1.88. The van der Waals surface area contributed by atoms with Gasteiger partial charge < -0.3 is 20.4 Å². The number of nitrogens with one attached hydrogen (secondary N) is 2. The minimum atomic E-state index is -4.12. The Morgan fingerprint density at radius 3 is 2.68 bits per heavy atom. The molecule has 0 spiro atoms. The van der Waals surface area contributed by atoms with Crippen LogP contribution in [0.3, 0.4) is 0 Å². The quantitative estimate of drug-likeness (QED) is 0.416. The summed E-state index contributed by atoms with van der Waals surface area (Å²) in [6.07, 6.45) is 0. The standard InChI is InChI=1S/C20H20FN5O4S/c1-26(7-8-30-2)31(28,29)16-9-11-15(10-12(16)21)24-18(17(11)22)19-20(27)25-14-6-4-3-5-13(14)23-19/h3-6,9-10,24H,7-8,22H2,1-2H3,(H,25,27). The molecule has 162 valence electrons. The topological polar surface area (TPSA) is 134 Å². The van der Waals surface area contributed by atoms with Gasteiger partial charge >= 0.3 is 0 Å². The first-order valence-electron chi connectivity index (χ1n) is 9.29. The van der Waals surface area contributed by atoms with Gasteiger partial charge in [0.15, 0.2) is 5.69 Å². The van der Waals surface area contributed by atoms with Crippen LogP contribution < -0.4 is 11.3 Å². The molecule has 0 aliphatic carbocycles. The van der Waals surface area contributed by atoms with Gasteiger partial charge in [-0.1, -0.05) is 12.1 Å². The van der Waals surface area contributed by atoms with E-state index in [4.69, 9.17) is 10.5 Å². The molecule has 4 N–H and O–H groups in total. The lowest BCUT2D eigenvalue weighted by Crippen LogP contribution is -2.30. The van der Waals surface area contributed by atoms with Crippen LogP contribution in [0.15, 0.2) is 46.1 Å². The zero-order chi connectivity index (χ0) is 22.3. The summed E-state index contributed by atoms with van der Waals surface area (Å²) in [5, 5.41) is 0.268. The van der Waals surface area contributed by atoms with Gasteiger partial charge in [-0.15, -0.1) is 0 Å². The van der Waals surface area contributed by atoms with Crippen LogP contribution in [0.25, 0.3) is 33.3 Å².